The summed E-state index contributed by atoms with van der Waals surface area (Å²) in [6, 6.07) is 17.8. The maximum Gasteiger partial charge on any atom is 0.407 e. The Labute approximate surface area is 232 Å². The fourth-order valence-corrected chi connectivity index (χ4v) is 3.88. The Morgan fingerprint density at radius 2 is 1.00 bits per heavy atom. The van der Waals surface area contributed by atoms with Crippen LogP contribution in [0.4, 0.5) is 9.59 Å². The van der Waals surface area contributed by atoms with Crippen molar-refractivity contribution in [1.82, 2.24) is 16.0 Å². The minimum atomic E-state index is -0.976. The van der Waals surface area contributed by atoms with E-state index in [1.165, 1.54) is 0 Å². The van der Waals surface area contributed by atoms with Crippen LogP contribution in [0.1, 0.15) is 52.7 Å². The van der Waals surface area contributed by atoms with Gasteiger partial charge in [-0.15, -0.1) is 0 Å². The lowest BCUT2D eigenvalue weighted by Crippen LogP contribution is -2.53. The van der Waals surface area contributed by atoms with Gasteiger partial charge in [0.15, 0.2) is 0 Å². The standard InChI is InChI=1S/C30H45N3O6/c1-29(2,3)38-27(36)32-23(17-21-13-9-7-10-14-21)25(34)19-31-20-26(35)24(18-22-15-11-8-12-16-22)33-28(37)39-30(4,5)6/h7-16,23-26,31,34-35H,17-20H2,1-6H3,(H,32,36)(H,33,37)/t23-,24-,25+,26+/m0/s1. The molecule has 0 aromatic heterocycles. The number of amides is 2. The smallest absolute Gasteiger partial charge is 0.407 e. The predicted molar refractivity (Wildman–Crippen MR) is 151 cm³/mol. The van der Waals surface area contributed by atoms with Crippen molar-refractivity contribution in [3.05, 3.63) is 71.8 Å². The molecule has 0 aliphatic heterocycles. The first kappa shape index (κ1) is 32.1. The minimum absolute atomic E-state index is 0.0921. The van der Waals surface area contributed by atoms with Crippen molar-refractivity contribution in [3.8, 4) is 0 Å². The summed E-state index contributed by atoms with van der Waals surface area (Å²) in [5.41, 5.74) is 0.539. The molecule has 0 bridgehead atoms. The van der Waals surface area contributed by atoms with Gasteiger partial charge < -0.3 is 35.6 Å². The van der Waals surface area contributed by atoms with E-state index in [2.05, 4.69) is 16.0 Å². The lowest BCUT2D eigenvalue weighted by molar-refractivity contribution is 0.0399. The van der Waals surface area contributed by atoms with Gasteiger partial charge in [-0.05, 0) is 65.5 Å². The number of benzene rings is 2. The molecule has 0 spiro atoms. The van der Waals surface area contributed by atoms with Crippen molar-refractivity contribution < 1.29 is 29.3 Å². The fourth-order valence-electron chi connectivity index (χ4n) is 3.88. The SMILES string of the molecule is CC(C)(C)OC(=O)N[C@@H](Cc1ccccc1)[C@H](O)CNC[C@@H](O)[C@H](Cc1ccccc1)NC(=O)OC(C)(C)C. The van der Waals surface area contributed by atoms with E-state index in [1.807, 2.05) is 60.7 Å². The van der Waals surface area contributed by atoms with Crippen LogP contribution in [0.3, 0.4) is 0 Å². The molecule has 0 saturated heterocycles. The van der Waals surface area contributed by atoms with Gasteiger partial charge in [0.05, 0.1) is 24.3 Å². The zero-order chi connectivity index (χ0) is 29.1. The fraction of sp³-hybridized carbons (Fsp3) is 0.533. The van der Waals surface area contributed by atoms with E-state index < -0.39 is 47.7 Å². The summed E-state index contributed by atoms with van der Waals surface area (Å²) in [5, 5.41) is 30.6. The molecule has 0 unspecified atom stereocenters. The van der Waals surface area contributed by atoms with Gasteiger partial charge in [0.1, 0.15) is 11.2 Å². The number of carbonyl (C=O) groups is 2. The molecule has 4 atom stereocenters. The van der Waals surface area contributed by atoms with Crippen LogP contribution in [-0.2, 0) is 22.3 Å². The summed E-state index contributed by atoms with van der Waals surface area (Å²) in [6.07, 6.45) is -2.41. The number of aliphatic hydroxyl groups is 2. The highest BCUT2D eigenvalue weighted by Crippen LogP contribution is 2.12. The number of hydrogen-bond donors (Lipinski definition) is 5. The van der Waals surface area contributed by atoms with Crippen molar-refractivity contribution in [3.63, 3.8) is 0 Å². The van der Waals surface area contributed by atoms with Crippen LogP contribution in [0.25, 0.3) is 0 Å². The van der Waals surface area contributed by atoms with Crippen LogP contribution in [0.2, 0.25) is 0 Å². The summed E-state index contributed by atoms with van der Waals surface area (Å²) >= 11 is 0. The van der Waals surface area contributed by atoms with E-state index >= 15 is 0 Å². The molecule has 9 nitrogen and oxygen atoms in total. The Balaban J connectivity index is 2.03. The van der Waals surface area contributed by atoms with Crippen molar-refractivity contribution in [2.24, 2.45) is 0 Å². The molecule has 216 valence electrons. The highest BCUT2D eigenvalue weighted by atomic mass is 16.6. The lowest BCUT2D eigenvalue weighted by atomic mass is 10.00. The molecule has 0 aliphatic carbocycles. The summed E-state index contributed by atoms with van der Waals surface area (Å²) in [4.78, 5) is 24.9. The first-order chi connectivity index (χ1) is 18.2. The van der Waals surface area contributed by atoms with Crippen LogP contribution >= 0.6 is 0 Å². The Hall–Kier alpha value is -3.14. The number of rotatable bonds is 12. The van der Waals surface area contributed by atoms with Crippen LogP contribution in [-0.4, -0.2) is 71.0 Å². The number of carbonyl (C=O) groups excluding carboxylic acids is 2. The summed E-state index contributed by atoms with van der Waals surface area (Å²) in [6.45, 7) is 10.8. The first-order valence-corrected chi connectivity index (χ1v) is 13.4. The molecule has 0 radical (unpaired) electrons. The van der Waals surface area contributed by atoms with Crippen molar-refractivity contribution >= 4 is 12.2 Å². The minimum Gasteiger partial charge on any atom is -0.444 e. The molecule has 5 N–H and O–H groups in total. The average molecular weight is 544 g/mol. The summed E-state index contributed by atoms with van der Waals surface area (Å²) in [5.74, 6) is 0. The van der Waals surface area contributed by atoms with Crippen LogP contribution in [0, 0.1) is 0 Å². The third-order valence-electron chi connectivity index (χ3n) is 5.64. The van der Waals surface area contributed by atoms with E-state index in [9.17, 15) is 19.8 Å². The molecule has 2 rings (SSSR count). The summed E-state index contributed by atoms with van der Waals surface area (Å²) in [7, 11) is 0. The van der Waals surface area contributed by atoms with Crippen LogP contribution in [0.15, 0.2) is 60.7 Å². The maximum absolute atomic E-state index is 12.5. The van der Waals surface area contributed by atoms with E-state index in [-0.39, 0.29) is 13.1 Å². The maximum atomic E-state index is 12.5. The second kappa shape index (κ2) is 14.9. The second-order valence-corrected chi connectivity index (χ2v) is 11.7. The lowest BCUT2D eigenvalue weighted by Gasteiger charge is -2.29. The number of hydrogen-bond acceptors (Lipinski definition) is 7. The van der Waals surface area contributed by atoms with Gasteiger partial charge in [-0.25, -0.2) is 9.59 Å². The molecule has 2 aromatic rings. The monoisotopic (exact) mass is 543 g/mol. The topological polar surface area (TPSA) is 129 Å². The van der Waals surface area contributed by atoms with Crippen LogP contribution < -0.4 is 16.0 Å². The molecule has 0 fully saturated rings. The highest BCUT2D eigenvalue weighted by molar-refractivity contribution is 5.68. The molecule has 0 heterocycles. The molecule has 9 heteroatoms. The number of ether oxygens (including phenoxy) is 2. The van der Waals surface area contributed by atoms with Gasteiger partial charge in [-0.2, -0.15) is 0 Å². The molecular weight excluding hydrogens is 498 g/mol. The Kier molecular flexibility index (Phi) is 12.2. The zero-order valence-electron chi connectivity index (χ0n) is 23.9. The van der Waals surface area contributed by atoms with Gasteiger partial charge in [0.2, 0.25) is 0 Å². The third kappa shape index (κ3) is 13.5. The zero-order valence-corrected chi connectivity index (χ0v) is 23.9. The van der Waals surface area contributed by atoms with Gasteiger partial charge in [0, 0.05) is 13.1 Å². The van der Waals surface area contributed by atoms with Crippen molar-refractivity contribution in [1.29, 1.82) is 0 Å². The Morgan fingerprint density at radius 3 is 1.31 bits per heavy atom. The third-order valence-corrected chi connectivity index (χ3v) is 5.64. The summed E-state index contributed by atoms with van der Waals surface area (Å²) < 4.78 is 10.8. The van der Waals surface area contributed by atoms with Crippen molar-refractivity contribution in [2.75, 3.05) is 13.1 Å². The Morgan fingerprint density at radius 1 is 0.667 bits per heavy atom. The largest absolute Gasteiger partial charge is 0.444 e. The molecule has 39 heavy (non-hydrogen) atoms. The molecule has 0 aliphatic rings. The number of alkyl carbamates (subject to hydrolysis) is 2. The van der Waals surface area contributed by atoms with E-state index in [1.54, 1.807) is 41.5 Å². The van der Waals surface area contributed by atoms with E-state index in [0.29, 0.717) is 12.8 Å². The highest BCUT2D eigenvalue weighted by Gasteiger charge is 2.27. The number of aliphatic hydroxyl groups excluding tert-OH is 2. The Bertz CT molecular complexity index is 923. The van der Waals surface area contributed by atoms with E-state index in [0.717, 1.165) is 11.1 Å². The predicted octanol–water partition coefficient (Wildman–Crippen LogP) is 3.57. The molecule has 2 amide bonds. The molecular formula is C30H45N3O6. The van der Waals surface area contributed by atoms with Gasteiger partial charge >= 0.3 is 12.2 Å². The normalized spacial score (nSPS) is 15.0. The average Bonchev–Trinajstić information content (AvgIpc) is 2.82. The molecule has 0 saturated carbocycles. The van der Waals surface area contributed by atoms with E-state index in [4.69, 9.17) is 9.47 Å². The quantitative estimate of drug-likeness (QED) is 0.277. The molecule has 2 aromatic carbocycles. The van der Waals surface area contributed by atoms with Gasteiger partial charge in [-0.3, -0.25) is 0 Å². The van der Waals surface area contributed by atoms with Crippen molar-refractivity contribution in [2.45, 2.75) is 89.9 Å². The first-order valence-electron chi connectivity index (χ1n) is 13.4. The number of nitrogens with one attached hydrogen (secondary N) is 3. The van der Waals surface area contributed by atoms with Gasteiger partial charge in [0.25, 0.3) is 0 Å². The van der Waals surface area contributed by atoms with Gasteiger partial charge in [-0.1, -0.05) is 60.7 Å². The second-order valence-electron chi connectivity index (χ2n) is 11.7. The van der Waals surface area contributed by atoms with Crippen LogP contribution in [0.5, 0.6) is 0 Å².